The highest BCUT2D eigenvalue weighted by Crippen LogP contribution is 2.04. The van der Waals surface area contributed by atoms with Crippen molar-refractivity contribution in [2.75, 3.05) is 14.1 Å². The second kappa shape index (κ2) is 4.21. The second-order valence-corrected chi connectivity index (χ2v) is 3.21. The Labute approximate surface area is 79.0 Å². The van der Waals surface area contributed by atoms with Crippen molar-refractivity contribution >= 4 is 17.2 Å². The van der Waals surface area contributed by atoms with Gasteiger partial charge < -0.3 is 4.90 Å². The standard InChI is InChI=1S/C10H12NS/c1-11(2)10(12)8-9-6-4-3-5-7-9/h3-8H,1-2H3. The molecule has 0 saturated carbocycles. The first kappa shape index (κ1) is 9.20. The summed E-state index contributed by atoms with van der Waals surface area (Å²) in [6, 6.07) is 10.1. The van der Waals surface area contributed by atoms with Gasteiger partial charge in [0.25, 0.3) is 0 Å². The summed E-state index contributed by atoms with van der Waals surface area (Å²) >= 11 is 5.13. The van der Waals surface area contributed by atoms with E-state index in [1.165, 1.54) is 0 Å². The molecule has 0 heterocycles. The minimum atomic E-state index is 0.848. The molecule has 0 atom stereocenters. The summed E-state index contributed by atoms with van der Waals surface area (Å²) in [6.45, 7) is 0. The first-order valence-corrected chi connectivity index (χ1v) is 4.22. The van der Waals surface area contributed by atoms with Crippen LogP contribution in [0.3, 0.4) is 0 Å². The predicted octanol–water partition coefficient (Wildman–Crippen LogP) is 2.13. The van der Waals surface area contributed by atoms with Crippen LogP contribution in [0.15, 0.2) is 30.3 Å². The summed E-state index contributed by atoms with van der Waals surface area (Å²) in [4.78, 5) is 2.77. The lowest BCUT2D eigenvalue weighted by atomic mass is 10.1. The third-order valence-electron chi connectivity index (χ3n) is 1.53. The van der Waals surface area contributed by atoms with Crippen molar-refractivity contribution in [2.24, 2.45) is 0 Å². The van der Waals surface area contributed by atoms with Crippen LogP contribution in [-0.2, 0) is 0 Å². The number of likely N-dealkylation sites (N-methyl/N-ethyl adjacent to an activating group) is 1. The first-order valence-electron chi connectivity index (χ1n) is 3.81. The zero-order valence-electron chi connectivity index (χ0n) is 7.32. The molecule has 0 N–H and O–H groups in total. The van der Waals surface area contributed by atoms with Gasteiger partial charge >= 0.3 is 0 Å². The first-order chi connectivity index (χ1) is 5.70. The van der Waals surface area contributed by atoms with E-state index in [1.54, 1.807) is 0 Å². The zero-order valence-corrected chi connectivity index (χ0v) is 8.14. The van der Waals surface area contributed by atoms with Crippen molar-refractivity contribution in [1.82, 2.24) is 4.90 Å². The van der Waals surface area contributed by atoms with E-state index in [2.05, 4.69) is 0 Å². The minimum absolute atomic E-state index is 0.848. The molecule has 1 nitrogen and oxygen atoms in total. The predicted molar refractivity (Wildman–Crippen MR) is 56.1 cm³/mol. The van der Waals surface area contributed by atoms with E-state index in [-0.39, 0.29) is 0 Å². The molecular formula is C10H12NS. The zero-order chi connectivity index (χ0) is 8.97. The molecular weight excluding hydrogens is 166 g/mol. The molecule has 0 fully saturated rings. The van der Waals surface area contributed by atoms with Gasteiger partial charge in [0.1, 0.15) is 0 Å². The highest BCUT2D eigenvalue weighted by Gasteiger charge is 1.99. The fraction of sp³-hybridized carbons (Fsp3) is 0.200. The van der Waals surface area contributed by atoms with E-state index in [9.17, 15) is 0 Å². The lowest BCUT2D eigenvalue weighted by molar-refractivity contribution is 0.635. The maximum absolute atomic E-state index is 5.13. The summed E-state index contributed by atoms with van der Waals surface area (Å²) in [5.74, 6) is 0. The highest BCUT2D eigenvalue weighted by molar-refractivity contribution is 7.80. The Hall–Kier alpha value is -0.890. The number of hydrogen-bond acceptors (Lipinski definition) is 1. The van der Waals surface area contributed by atoms with Gasteiger partial charge in [0, 0.05) is 20.5 Å². The number of rotatable bonds is 2. The van der Waals surface area contributed by atoms with E-state index in [1.807, 2.05) is 55.7 Å². The molecule has 0 aromatic heterocycles. The molecule has 0 spiro atoms. The summed E-state index contributed by atoms with van der Waals surface area (Å²) in [5.41, 5.74) is 1.15. The highest BCUT2D eigenvalue weighted by atomic mass is 32.1. The maximum atomic E-state index is 5.13. The fourth-order valence-corrected chi connectivity index (χ4v) is 0.957. The van der Waals surface area contributed by atoms with Gasteiger partial charge in [-0.2, -0.15) is 0 Å². The number of benzene rings is 1. The quantitative estimate of drug-likeness (QED) is 0.638. The monoisotopic (exact) mass is 178 g/mol. The Morgan fingerprint density at radius 2 is 1.83 bits per heavy atom. The molecule has 0 aliphatic carbocycles. The van der Waals surface area contributed by atoms with Crippen LogP contribution in [0.2, 0.25) is 0 Å². The summed E-state index contributed by atoms with van der Waals surface area (Å²) in [5, 5.41) is 0. The van der Waals surface area contributed by atoms with Crippen LogP contribution in [0.5, 0.6) is 0 Å². The molecule has 0 aliphatic rings. The van der Waals surface area contributed by atoms with Crippen LogP contribution < -0.4 is 0 Å². The van der Waals surface area contributed by atoms with Gasteiger partial charge in [-0.05, 0) is 5.56 Å². The van der Waals surface area contributed by atoms with E-state index in [4.69, 9.17) is 12.2 Å². The van der Waals surface area contributed by atoms with Gasteiger partial charge in [0.2, 0.25) is 0 Å². The van der Waals surface area contributed by atoms with Crippen LogP contribution in [0.1, 0.15) is 5.56 Å². The van der Waals surface area contributed by atoms with Crippen molar-refractivity contribution in [2.45, 2.75) is 0 Å². The van der Waals surface area contributed by atoms with Gasteiger partial charge in [-0.3, -0.25) is 0 Å². The maximum Gasteiger partial charge on any atom is 0.0860 e. The van der Waals surface area contributed by atoms with Crippen molar-refractivity contribution in [1.29, 1.82) is 0 Å². The normalized spacial score (nSPS) is 9.50. The lowest BCUT2D eigenvalue weighted by Gasteiger charge is -2.12. The minimum Gasteiger partial charge on any atom is -0.372 e. The van der Waals surface area contributed by atoms with Crippen LogP contribution in [0, 0.1) is 6.42 Å². The van der Waals surface area contributed by atoms with Crippen molar-refractivity contribution in [3.05, 3.63) is 42.3 Å². The van der Waals surface area contributed by atoms with E-state index in [0.717, 1.165) is 10.6 Å². The van der Waals surface area contributed by atoms with Gasteiger partial charge in [-0.1, -0.05) is 42.5 Å². The molecule has 1 aromatic carbocycles. The second-order valence-electron chi connectivity index (χ2n) is 2.79. The molecule has 1 radical (unpaired) electrons. The molecule has 2 heteroatoms. The average Bonchev–Trinajstić information content (AvgIpc) is 2.06. The molecule has 0 unspecified atom stereocenters. The topological polar surface area (TPSA) is 3.24 Å². The Morgan fingerprint density at radius 3 is 2.33 bits per heavy atom. The fourth-order valence-electron chi connectivity index (χ4n) is 0.821. The molecule has 1 aromatic rings. The van der Waals surface area contributed by atoms with E-state index >= 15 is 0 Å². The SMILES string of the molecule is CN(C)C(=S)[CH]c1ccccc1. The van der Waals surface area contributed by atoms with Crippen LogP contribution in [0.4, 0.5) is 0 Å². The summed E-state index contributed by atoms with van der Waals surface area (Å²) < 4.78 is 0. The van der Waals surface area contributed by atoms with Crippen molar-refractivity contribution in [3.8, 4) is 0 Å². The molecule has 0 aliphatic heterocycles. The third-order valence-corrected chi connectivity index (χ3v) is 2.01. The van der Waals surface area contributed by atoms with Crippen LogP contribution in [-0.4, -0.2) is 24.0 Å². The van der Waals surface area contributed by atoms with Gasteiger partial charge in [-0.15, -0.1) is 0 Å². The van der Waals surface area contributed by atoms with Gasteiger partial charge in [0.15, 0.2) is 0 Å². The van der Waals surface area contributed by atoms with Crippen molar-refractivity contribution < 1.29 is 0 Å². The Bertz CT molecular complexity index is 254. The van der Waals surface area contributed by atoms with Crippen LogP contribution in [0.25, 0.3) is 0 Å². The molecule has 63 valence electrons. The largest absolute Gasteiger partial charge is 0.372 e. The number of nitrogens with zero attached hydrogens (tertiary/aromatic N) is 1. The van der Waals surface area contributed by atoms with Crippen molar-refractivity contribution in [3.63, 3.8) is 0 Å². The molecule has 12 heavy (non-hydrogen) atoms. The summed E-state index contributed by atoms with van der Waals surface area (Å²) in [7, 11) is 3.89. The average molecular weight is 178 g/mol. The van der Waals surface area contributed by atoms with E-state index < -0.39 is 0 Å². The van der Waals surface area contributed by atoms with Crippen LogP contribution >= 0.6 is 12.2 Å². The Kier molecular flexibility index (Phi) is 3.23. The molecule has 0 bridgehead atoms. The molecule has 0 amide bonds. The van der Waals surface area contributed by atoms with Gasteiger partial charge in [0.05, 0.1) is 4.99 Å². The Balaban J connectivity index is 2.59. The third kappa shape index (κ3) is 2.62. The number of hydrogen-bond donors (Lipinski definition) is 0. The summed E-state index contributed by atoms with van der Waals surface area (Å²) in [6.07, 6.45) is 1.98. The van der Waals surface area contributed by atoms with Gasteiger partial charge in [-0.25, -0.2) is 0 Å². The Morgan fingerprint density at radius 1 is 1.25 bits per heavy atom. The van der Waals surface area contributed by atoms with E-state index in [0.29, 0.717) is 0 Å². The molecule has 0 saturated heterocycles. The molecule has 1 rings (SSSR count). The smallest absolute Gasteiger partial charge is 0.0860 e. The number of thiocarbonyl (C=S) groups is 1. The lowest BCUT2D eigenvalue weighted by Crippen LogP contribution is -2.19.